The highest BCUT2D eigenvalue weighted by Gasteiger charge is 2.15. The molecule has 108 valence electrons. The molecule has 0 saturated heterocycles. The molecule has 0 unspecified atom stereocenters. The molecule has 0 amide bonds. The molecule has 0 spiro atoms. The smallest absolute Gasteiger partial charge is 0.332 e. The number of rotatable bonds is 10. The van der Waals surface area contributed by atoms with Crippen LogP contribution in [-0.4, -0.2) is 38.0 Å². The molecular formula is C14H28O4. The second-order valence-corrected chi connectivity index (χ2v) is 5.31. The third-order valence-electron chi connectivity index (χ3n) is 2.11. The summed E-state index contributed by atoms with van der Waals surface area (Å²) in [6, 6.07) is 0. The average molecular weight is 260 g/mol. The Balaban J connectivity index is 3.23. The van der Waals surface area contributed by atoms with E-state index in [9.17, 15) is 4.79 Å². The monoisotopic (exact) mass is 260 g/mol. The molecule has 0 bridgehead atoms. The summed E-state index contributed by atoms with van der Waals surface area (Å²) in [6.07, 6.45) is 4.17. The minimum atomic E-state index is -0.437. The van der Waals surface area contributed by atoms with E-state index in [1.165, 1.54) is 6.42 Å². The van der Waals surface area contributed by atoms with Crippen LogP contribution < -0.4 is 0 Å². The van der Waals surface area contributed by atoms with Gasteiger partial charge in [0.05, 0.1) is 0 Å². The van der Waals surface area contributed by atoms with Crippen LogP contribution >= 0.6 is 0 Å². The molecule has 0 aliphatic heterocycles. The zero-order valence-electron chi connectivity index (χ0n) is 12.3. The van der Waals surface area contributed by atoms with Crippen LogP contribution in [0.3, 0.4) is 0 Å². The second kappa shape index (κ2) is 10.3. The molecule has 0 aliphatic rings. The van der Waals surface area contributed by atoms with E-state index in [1.807, 2.05) is 20.8 Å². The quantitative estimate of drug-likeness (QED) is 0.447. The molecule has 4 heteroatoms. The molecule has 4 nitrogen and oxygen atoms in total. The lowest BCUT2D eigenvalue weighted by Gasteiger charge is -2.19. The van der Waals surface area contributed by atoms with Gasteiger partial charge in [0.2, 0.25) is 0 Å². The second-order valence-electron chi connectivity index (χ2n) is 5.31. The number of carbonyl (C=O) groups excluding carboxylic acids is 1. The SMILES string of the molecule is CCCCOCCCCOCC(=O)OC(C)(C)C. The maximum atomic E-state index is 11.3. The predicted molar refractivity (Wildman–Crippen MR) is 71.6 cm³/mol. The number of carbonyl (C=O) groups is 1. The molecular weight excluding hydrogens is 232 g/mol. The van der Waals surface area contributed by atoms with Crippen LogP contribution in [0.25, 0.3) is 0 Å². The lowest BCUT2D eigenvalue weighted by atomic mass is 10.2. The maximum Gasteiger partial charge on any atom is 0.332 e. The van der Waals surface area contributed by atoms with Crippen molar-refractivity contribution in [1.29, 1.82) is 0 Å². The lowest BCUT2D eigenvalue weighted by Crippen LogP contribution is -2.26. The van der Waals surface area contributed by atoms with Gasteiger partial charge in [-0.2, -0.15) is 0 Å². The molecule has 0 radical (unpaired) electrons. The minimum absolute atomic E-state index is 0.0357. The third kappa shape index (κ3) is 13.5. The molecule has 0 aromatic heterocycles. The van der Waals surface area contributed by atoms with Gasteiger partial charge in [-0.25, -0.2) is 4.79 Å². The van der Waals surface area contributed by atoms with Gasteiger partial charge >= 0.3 is 5.97 Å². The van der Waals surface area contributed by atoms with Crippen LogP contribution in [0, 0.1) is 0 Å². The van der Waals surface area contributed by atoms with E-state index in [2.05, 4.69) is 6.92 Å². The van der Waals surface area contributed by atoms with Gasteiger partial charge in [-0.3, -0.25) is 0 Å². The van der Waals surface area contributed by atoms with Crippen LogP contribution in [0.15, 0.2) is 0 Å². The van der Waals surface area contributed by atoms with E-state index in [0.717, 1.165) is 32.5 Å². The van der Waals surface area contributed by atoms with Crippen LogP contribution in [0.1, 0.15) is 53.4 Å². The van der Waals surface area contributed by atoms with Gasteiger partial charge < -0.3 is 14.2 Å². The van der Waals surface area contributed by atoms with Gasteiger partial charge in [0, 0.05) is 19.8 Å². The first-order valence-corrected chi connectivity index (χ1v) is 6.83. The molecule has 0 heterocycles. The molecule has 0 aromatic carbocycles. The van der Waals surface area contributed by atoms with Crippen LogP contribution in [0.5, 0.6) is 0 Å². The first-order valence-electron chi connectivity index (χ1n) is 6.83. The topological polar surface area (TPSA) is 44.8 Å². The van der Waals surface area contributed by atoms with Crippen LogP contribution in [-0.2, 0) is 19.0 Å². The van der Waals surface area contributed by atoms with Crippen LogP contribution in [0.4, 0.5) is 0 Å². The van der Waals surface area contributed by atoms with Crippen molar-refractivity contribution in [2.45, 2.75) is 59.0 Å². The fourth-order valence-electron chi connectivity index (χ4n) is 1.28. The number of ether oxygens (including phenoxy) is 3. The number of hydrogen-bond donors (Lipinski definition) is 0. The van der Waals surface area contributed by atoms with E-state index in [-0.39, 0.29) is 12.6 Å². The fourth-order valence-corrected chi connectivity index (χ4v) is 1.28. The standard InChI is InChI=1S/C14H28O4/c1-5-6-9-16-10-7-8-11-17-12-13(15)18-14(2,3)4/h5-12H2,1-4H3. The van der Waals surface area contributed by atoms with Gasteiger partial charge in [-0.1, -0.05) is 13.3 Å². The van der Waals surface area contributed by atoms with E-state index >= 15 is 0 Å². The predicted octanol–water partition coefficient (Wildman–Crippen LogP) is 2.94. The Morgan fingerprint density at radius 3 is 2.06 bits per heavy atom. The average Bonchev–Trinajstić information content (AvgIpc) is 2.24. The van der Waals surface area contributed by atoms with Crippen molar-refractivity contribution >= 4 is 5.97 Å². The zero-order chi connectivity index (χ0) is 13.9. The van der Waals surface area contributed by atoms with Gasteiger partial charge in [-0.15, -0.1) is 0 Å². The molecule has 0 aromatic rings. The van der Waals surface area contributed by atoms with Gasteiger partial charge in [0.25, 0.3) is 0 Å². The summed E-state index contributed by atoms with van der Waals surface area (Å²) in [5.41, 5.74) is -0.437. The van der Waals surface area contributed by atoms with E-state index in [1.54, 1.807) is 0 Å². The fraction of sp³-hybridized carbons (Fsp3) is 0.929. The van der Waals surface area contributed by atoms with Crippen molar-refractivity contribution in [2.75, 3.05) is 26.4 Å². The van der Waals surface area contributed by atoms with Crippen molar-refractivity contribution in [1.82, 2.24) is 0 Å². The number of unbranched alkanes of at least 4 members (excludes halogenated alkanes) is 2. The third-order valence-corrected chi connectivity index (χ3v) is 2.11. The highest BCUT2D eigenvalue weighted by atomic mass is 16.6. The highest BCUT2D eigenvalue weighted by Crippen LogP contribution is 2.06. The Kier molecular flexibility index (Phi) is 9.98. The van der Waals surface area contributed by atoms with E-state index in [0.29, 0.717) is 6.61 Å². The van der Waals surface area contributed by atoms with Crippen molar-refractivity contribution < 1.29 is 19.0 Å². The van der Waals surface area contributed by atoms with Crippen molar-refractivity contribution in [2.24, 2.45) is 0 Å². The molecule has 0 fully saturated rings. The normalized spacial score (nSPS) is 11.6. The first-order chi connectivity index (χ1) is 8.45. The Morgan fingerprint density at radius 2 is 1.50 bits per heavy atom. The molecule has 0 atom stereocenters. The van der Waals surface area contributed by atoms with Gasteiger partial charge in [0.15, 0.2) is 0 Å². The van der Waals surface area contributed by atoms with Crippen molar-refractivity contribution in [3.8, 4) is 0 Å². The Hall–Kier alpha value is -0.610. The van der Waals surface area contributed by atoms with Crippen molar-refractivity contribution in [3.05, 3.63) is 0 Å². The number of hydrogen-bond acceptors (Lipinski definition) is 4. The Bertz CT molecular complexity index is 208. The summed E-state index contributed by atoms with van der Waals surface area (Å²) < 4.78 is 15.8. The van der Waals surface area contributed by atoms with Gasteiger partial charge in [0.1, 0.15) is 12.2 Å². The highest BCUT2D eigenvalue weighted by molar-refractivity contribution is 5.71. The molecule has 0 N–H and O–H groups in total. The van der Waals surface area contributed by atoms with E-state index in [4.69, 9.17) is 14.2 Å². The Morgan fingerprint density at radius 1 is 0.944 bits per heavy atom. The zero-order valence-corrected chi connectivity index (χ0v) is 12.3. The van der Waals surface area contributed by atoms with Crippen molar-refractivity contribution in [3.63, 3.8) is 0 Å². The van der Waals surface area contributed by atoms with E-state index < -0.39 is 5.60 Å². The summed E-state index contributed by atoms with van der Waals surface area (Å²) in [4.78, 5) is 11.3. The minimum Gasteiger partial charge on any atom is -0.458 e. The molecule has 18 heavy (non-hydrogen) atoms. The summed E-state index contributed by atoms with van der Waals surface area (Å²) in [5, 5.41) is 0. The maximum absolute atomic E-state index is 11.3. The van der Waals surface area contributed by atoms with Crippen LogP contribution in [0.2, 0.25) is 0 Å². The first kappa shape index (κ1) is 17.4. The summed E-state index contributed by atoms with van der Waals surface area (Å²) in [5.74, 6) is -0.304. The molecule has 0 saturated carbocycles. The summed E-state index contributed by atoms with van der Waals surface area (Å²) in [6.45, 7) is 9.92. The summed E-state index contributed by atoms with van der Waals surface area (Å²) >= 11 is 0. The molecule has 0 aliphatic carbocycles. The molecule has 0 rings (SSSR count). The summed E-state index contributed by atoms with van der Waals surface area (Å²) in [7, 11) is 0. The lowest BCUT2D eigenvalue weighted by molar-refractivity contribution is -0.160. The van der Waals surface area contributed by atoms with Gasteiger partial charge in [-0.05, 0) is 40.0 Å². The Labute approximate surface area is 111 Å². The largest absolute Gasteiger partial charge is 0.458 e. The number of esters is 1.